The average Bonchev–Trinajstić information content (AvgIpc) is 3.48. The number of likely N-dealkylation sites (tertiary alicyclic amines) is 2. The van der Waals surface area contributed by atoms with Gasteiger partial charge in [-0.15, -0.1) is 24.0 Å². The molecule has 1 aromatic rings. The lowest BCUT2D eigenvalue weighted by Crippen LogP contribution is -2.59. The lowest BCUT2D eigenvalue weighted by molar-refractivity contribution is -0.0164. The van der Waals surface area contributed by atoms with Crippen LogP contribution in [0.4, 0.5) is 0 Å². The molecule has 0 aliphatic carbocycles. The van der Waals surface area contributed by atoms with Gasteiger partial charge < -0.3 is 15.4 Å². The molecule has 3 saturated heterocycles. The zero-order chi connectivity index (χ0) is 20.7. The number of hydrogen-bond acceptors (Lipinski definition) is 4. The number of ether oxygens (including phenoxy) is 1. The summed E-state index contributed by atoms with van der Waals surface area (Å²) >= 11 is 0. The Morgan fingerprint density at radius 3 is 2.52 bits per heavy atom. The van der Waals surface area contributed by atoms with Crippen LogP contribution in [0.2, 0.25) is 0 Å². The molecule has 1 unspecified atom stereocenters. The van der Waals surface area contributed by atoms with Gasteiger partial charge in [-0.05, 0) is 63.7 Å². The Labute approximate surface area is 205 Å². The van der Waals surface area contributed by atoms with Gasteiger partial charge in [0.2, 0.25) is 0 Å². The standard InChI is InChI=1S/C24H39N5O.HI/c1-25-23(27-20-24(11-16-30-17-12-24)29-14-5-6-15-29)26-18-22-10-7-13-28(22)19-21-8-3-2-4-9-21;/h2-4,8-9,22H,5-7,10-20H2,1H3,(H2,25,26,27);1H. The summed E-state index contributed by atoms with van der Waals surface area (Å²) in [6, 6.07) is 11.4. The van der Waals surface area contributed by atoms with Crippen molar-refractivity contribution in [2.24, 2.45) is 4.99 Å². The largest absolute Gasteiger partial charge is 0.381 e. The van der Waals surface area contributed by atoms with E-state index < -0.39 is 0 Å². The van der Waals surface area contributed by atoms with Crippen LogP contribution in [0.25, 0.3) is 0 Å². The maximum absolute atomic E-state index is 5.69. The van der Waals surface area contributed by atoms with Gasteiger partial charge in [0.25, 0.3) is 0 Å². The molecule has 3 aliphatic heterocycles. The number of hydrogen-bond donors (Lipinski definition) is 2. The summed E-state index contributed by atoms with van der Waals surface area (Å²) < 4.78 is 5.69. The molecule has 0 amide bonds. The fraction of sp³-hybridized carbons (Fsp3) is 0.708. The maximum atomic E-state index is 5.69. The predicted molar refractivity (Wildman–Crippen MR) is 138 cm³/mol. The van der Waals surface area contributed by atoms with Crippen molar-refractivity contribution >= 4 is 29.9 Å². The van der Waals surface area contributed by atoms with Crippen LogP contribution in [0.3, 0.4) is 0 Å². The number of aliphatic imine (C=N–C) groups is 1. The van der Waals surface area contributed by atoms with Gasteiger partial charge in [-0.3, -0.25) is 14.8 Å². The first-order chi connectivity index (χ1) is 14.8. The molecule has 3 aliphatic rings. The molecule has 3 fully saturated rings. The summed E-state index contributed by atoms with van der Waals surface area (Å²) in [5.74, 6) is 0.937. The van der Waals surface area contributed by atoms with E-state index >= 15 is 0 Å². The number of rotatable bonds is 7. The van der Waals surface area contributed by atoms with Gasteiger partial charge in [-0.1, -0.05) is 30.3 Å². The zero-order valence-corrected chi connectivity index (χ0v) is 21.4. The fourth-order valence-electron chi connectivity index (χ4n) is 5.38. The molecule has 1 aromatic carbocycles. The van der Waals surface area contributed by atoms with E-state index in [9.17, 15) is 0 Å². The number of halogens is 1. The second-order valence-electron chi connectivity index (χ2n) is 9.09. The molecule has 3 heterocycles. The van der Waals surface area contributed by atoms with Gasteiger partial charge in [0.05, 0.1) is 0 Å². The van der Waals surface area contributed by atoms with Crippen LogP contribution in [0.5, 0.6) is 0 Å². The van der Waals surface area contributed by atoms with Crippen LogP contribution in [0.15, 0.2) is 35.3 Å². The second-order valence-corrected chi connectivity index (χ2v) is 9.09. The second kappa shape index (κ2) is 12.4. The summed E-state index contributed by atoms with van der Waals surface area (Å²) in [4.78, 5) is 9.84. The van der Waals surface area contributed by atoms with Crippen molar-refractivity contribution in [3.63, 3.8) is 0 Å². The van der Waals surface area contributed by atoms with Gasteiger partial charge in [0.15, 0.2) is 5.96 Å². The van der Waals surface area contributed by atoms with Gasteiger partial charge in [-0.25, -0.2) is 0 Å². The van der Waals surface area contributed by atoms with Crippen molar-refractivity contribution in [3.8, 4) is 0 Å². The highest BCUT2D eigenvalue weighted by atomic mass is 127. The van der Waals surface area contributed by atoms with Crippen molar-refractivity contribution in [1.29, 1.82) is 0 Å². The van der Waals surface area contributed by atoms with Crippen LogP contribution in [0.1, 0.15) is 44.1 Å². The number of nitrogens with zero attached hydrogens (tertiary/aromatic N) is 3. The third kappa shape index (κ3) is 6.55. The molecule has 0 aromatic heterocycles. The Bertz CT molecular complexity index is 674. The average molecular weight is 542 g/mol. The molecule has 174 valence electrons. The molecule has 6 nitrogen and oxygen atoms in total. The Morgan fingerprint density at radius 1 is 1.06 bits per heavy atom. The molecule has 7 heteroatoms. The smallest absolute Gasteiger partial charge is 0.191 e. The van der Waals surface area contributed by atoms with Crippen LogP contribution < -0.4 is 10.6 Å². The highest BCUT2D eigenvalue weighted by Gasteiger charge is 2.39. The van der Waals surface area contributed by atoms with E-state index in [-0.39, 0.29) is 29.5 Å². The maximum Gasteiger partial charge on any atom is 0.191 e. The summed E-state index contributed by atoms with van der Waals surface area (Å²) in [7, 11) is 1.89. The summed E-state index contributed by atoms with van der Waals surface area (Å²) in [5, 5.41) is 7.29. The van der Waals surface area contributed by atoms with Crippen molar-refractivity contribution in [2.45, 2.75) is 56.7 Å². The molecule has 0 spiro atoms. The first kappa shape index (κ1) is 24.7. The van der Waals surface area contributed by atoms with E-state index in [1.807, 2.05) is 7.05 Å². The summed E-state index contributed by atoms with van der Waals surface area (Å²) in [5.41, 5.74) is 1.62. The monoisotopic (exact) mass is 541 g/mol. The molecule has 31 heavy (non-hydrogen) atoms. The molecular formula is C24H40IN5O. The van der Waals surface area contributed by atoms with E-state index in [0.29, 0.717) is 6.04 Å². The van der Waals surface area contributed by atoms with Crippen molar-refractivity contribution in [1.82, 2.24) is 20.4 Å². The van der Waals surface area contributed by atoms with Crippen LogP contribution in [0, 0.1) is 0 Å². The molecule has 0 radical (unpaired) electrons. The van der Waals surface area contributed by atoms with Crippen molar-refractivity contribution < 1.29 is 4.74 Å². The topological polar surface area (TPSA) is 52.1 Å². The number of benzene rings is 1. The molecule has 0 saturated carbocycles. The molecule has 2 N–H and O–H groups in total. The van der Waals surface area contributed by atoms with Gasteiger partial charge in [-0.2, -0.15) is 0 Å². The molecule has 4 rings (SSSR count). The van der Waals surface area contributed by atoms with Crippen LogP contribution in [-0.4, -0.2) is 80.3 Å². The van der Waals surface area contributed by atoms with Crippen LogP contribution in [-0.2, 0) is 11.3 Å². The van der Waals surface area contributed by atoms with E-state index in [2.05, 4.69) is 55.8 Å². The summed E-state index contributed by atoms with van der Waals surface area (Å²) in [6.07, 6.45) is 7.42. The minimum atomic E-state index is 0. The van der Waals surface area contributed by atoms with E-state index in [4.69, 9.17) is 4.74 Å². The Balaban J connectivity index is 0.00000272. The molecule has 0 bridgehead atoms. The summed E-state index contributed by atoms with van der Waals surface area (Å²) in [6.45, 7) is 8.33. The van der Waals surface area contributed by atoms with Gasteiger partial charge in [0.1, 0.15) is 0 Å². The first-order valence-electron chi connectivity index (χ1n) is 11.8. The lowest BCUT2D eigenvalue weighted by Gasteiger charge is -2.45. The Hall–Kier alpha value is -0.900. The quantitative estimate of drug-likeness (QED) is 0.316. The zero-order valence-electron chi connectivity index (χ0n) is 19.0. The third-order valence-electron chi connectivity index (χ3n) is 7.24. The normalized spacial score (nSPS) is 24.7. The first-order valence-corrected chi connectivity index (χ1v) is 11.8. The Morgan fingerprint density at radius 2 is 1.81 bits per heavy atom. The van der Waals surface area contributed by atoms with Gasteiger partial charge in [0, 0.05) is 51.5 Å². The third-order valence-corrected chi connectivity index (χ3v) is 7.24. The SMILES string of the molecule is CN=C(NCC1CCCN1Cc1ccccc1)NCC1(N2CCCC2)CCOCC1.I. The van der Waals surface area contributed by atoms with Crippen molar-refractivity contribution in [3.05, 3.63) is 35.9 Å². The minimum Gasteiger partial charge on any atom is -0.381 e. The molecular weight excluding hydrogens is 501 g/mol. The van der Waals surface area contributed by atoms with E-state index in [1.54, 1.807) is 0 Å². The Kier molecular flexibility index (Phi) is 9.87. The van der Waals surface area contributed by atoms with Gasteiger partial charge >= 0.3 is 0 Å². The van der Waals surface area contributed by atoms with Crippen LogP contribution >= 0.6 is 24.0 Å². The lowest BCUT2D eigenvalue weighted by atomic mass is 9.88. The van der Waals surface area contributed by atoms with Crippen molar-refractivity contribution in [2.75, 3.05) is 53.0 Å². The number of nitrogens with one attached hydrogen (secondary N) is 2. The number of guanidine groups is 1. The van der Waals surface area contributed by atoms with E-state index in [0.717, 1.165) is 51.6 Å². The molecule has 1 atom stereocenters. The van der Waals surface area contributed by atoms with E-state index in [1.165, 1.54) is 50.9 Å². The minimum absolute atomic E-state index is 0. The predicted octanol–water partition coefficient (Wildman–Crippen LogP) is 3.08. The fourth-order valence-corrected chi connectivity index (χ4v) is 5.38. The highest BCUT2D eigenvalue weighted by Crippen LogP contribution is 2.30. The highest BCUT2D eigenvalue weighted by molar-refractivity contribution is 14.0.